The smallest absolute Gasteiger partial charge is 0.223 e. The van der Waals surface area contributed by atoms with Crippen molar-refractivity contribution in [3.63, 3.8) is 0 Å². The molecule has 2 heteroatoms. The molecular weight excluding hydrogens is 234 g/mol. The lowest BCUT2D eigenvalue weighted by molar-refractivity contribution is -0.122. The second kappa shape index (κ2) is 5.04. The first kappa shape index (κ1) is 12.2. The van der Waals surface area contributed by atoms with Gasteiger partial charge in [-0.25, -0.2) is 0 Å². The number of hydrogen-bond donors (Lipinski definition) is 1. The van der Waals surface area contributed by atoms with Gasteiger partial charge in [0.15, 0.2) is 0 Å². The van der Waals surface area contributed by atoms with E-state index in [0.29, 0.717) is 5.92 Å². The summed E-state index contributed by atoms with van der Waals surface area (Å²) < 4.78 is 0. The Hall–Kier alpha value is -1.83. The lowest BCUT2D eigenvalue weighted by atomic mass is 10.1. The topological polar surface area (TPSA) is 29.1 Å². The second-order valence-electron chi connectivity index (χ2n) is 5.54. The monoisotopic (exact) mass is 253 g/mol. The summed E-state index contributed by atoms with van der Waals surface area (Å²) in [6, 6.07) is 14.9. The highest BCUT2D eigenvalue weighted by Crippen LogP contribution is 2.37. The average Bonchev–Trinajstić information content (AvgIpc) is 3.16. The van der Waals surface area contributed by atoms with Crippen LogP contribution in [0, 0.1) is 11.8 Å². The van der Waals surface area contributed by atoms with E-state index in [4.69, 9.17) is 0 Å². The van der Waals surface area contributed by atoms with Gasteiger partial charge in [-0.2, -0.15) is 0 Å². The van der Waals surface area contributed by atoms with Crippen molar-refractivity contribution in [2.45, 2.75) is 19.8 Å². The minimum Gasteiger partial charge on any atom is -0.356 e. The molecule has 2 unspecified atom stereocenters. The molecule has 2 aromatic carbocycles. The number of nitrogens with one attached hydrogen (secondary N) is 1. The molecule has 3 rings (SSSR count). The summed E-state index contributed by atoms with van der Waals surface area (Å²) in [6.07, 6.45) is 1.96. The fourth-order valence-corrected chi connectivity index (χ4v) is 2.54. The van der Waals surface area contributed by atoms with Crippen molar-refractivity contribution in [3.05, 3.63) is 48.0 Å². The number of benzene rings is 2. The van der Waals surface area contributed by atoms with E-state index in [2.05, 4.69) is 54.7 Å². The number of carbonyl (C=O) groups excluding carboxylic acids is 1. The van der Waals surface area contributed by atoms with E-state index >= 15 is 0 Å². The number of rotatable bonds is 4. The van der Waals surface area contributed by atoms with Gasteiger partial charge < -0.3 is 5.32 Å². The molecule has 1 saturated carbocycles. The Morgan fingerprint density at radius 2 is 1.95 bits per heavy atom. The average molecular weight is 253 g/mol. The molecule has 1 amide bonds. The van der Waals surface area contributed by atoms with Gasteiger partial charge in [-0.3, -0.25) is 4.79 Å². The normalized spacial score (nSPS) is 21.3. The van der Waals surface area contributed by atoms with Gasteiger partial charge >= 0.3 is 0 Å². The summed E-state index contributed by atoms with van der Waals surface area (Å²) in [5.41, 5.74) is 1.28. The van der Waals surface area contributed by atoms with Gasteiger partial charge in [0.1, 0.15) is 0 Å². The van der Waals surface area contributed by atoms with Crippen molar-refractivity contribution in [2.75, 3.05) is 6.54 Å². The number of amides is 1. The molecule has 0 radical (unpaired) electrons. The number of carbonyl (C=O) groups is 1. The van der Waals surface area contributed by atoms with E-state index in [9.17, 15) is 4.79 Å². The van der Waals surface area contributed by atoms with E-state index in [1.165, 1.54) is 16.3 Å². The van der Waals surface area contributed by atoms with E-state index in [-0.39, 0.29) is 11.8 Å². The summed E-state index contributed by atoms with van der Waals surface area (Å²) in [7, 11) is 0. The van der Waals surface area contributed by atoms with E-state index in [0.717, 1.165) is 19.4 Å². The van der Waals surface area contributed by atoms with Crippen molar-refractivity contribution in [1.82, 2.24) is 5.32 Å². The zero-order chi connectivity index (χ0) is 13.2. The molecule has 2 aromatic rings. The van der Waals surface area contributed by atoms with Gasteiger partial charge in [0.2, 0.25) is 5.91 Å². The molecule has 0 heterocycles. The molecule has 19 heavy (non-hydrogen) atoms. The molecule has 98 valence electrons. The predicted molar refractivity (Wildman–Crippen MR) is 77.9 cm³/mol. The van der Waals surface area contributed by atoms with Crippen LogP contribution in [0.4, 0.5) is 0 Å². The Morgan fingerprint density at radius 3 is 2.68 bits per heavy atom. The maximum atomic E-state index is 11.7. The van der Waals surface area contributed by atoms with Crippen LogP contribution in [0.25, 0.3) is 10.8 Å². The number of hydrogen-bond acceptors (Lipinski definition) is 1. The van der Waals surface area contributed by atoms with Crippen LogP contribution in [0.15, 0.2) is 42.5 Å². The Labute approximate surface area is 113 Å². The zero-order valence-electron chi connectivity index (χ0n) is 11.2. The van der Waals surface area contributed by atoms with Crippen LogP contribution in [-0.4, -0.2) is 12.5 Å². The van der Waals surface area contributed by atoms with Crippen LogP contribution in [0.5, 0.6) is 0 Å². The van der Waals surface area contributed by atoms with Crippen LogP contribution >= 0.6 is 0 Å². The summed E-state index contributed by atoms with van der Waals surface area (Å²) in [4.78, 5) is 11.7. The van der Waals surface area contributed by atoms with Crippen molar-refractivity contribution in [1.29, 1.82) is 0 Å². The fraction of sp³-hybridized carbons (Fsp3) is 0.353. The largest absolute Gasteiger partial charge is 0.356 e. The minimum absolute atomic E-state index is 0.230. The Bertz CT molecular complexity index is 605. The minimum atomic E-state index is 0.230. The molecule has 2 nitrogen and oxygen atoms in total. The highest BCUT2D eigenvalue weighted by molar-refractivity contribution is 5.83. The first-order valence-electron chi connectivity index (χ1n) is 6.99. The molecular formula is C17H19NO. The zero-order valence-corrected chi connectivity index (χ0v) is 11.2. The van der Waals surface area contributed by atoms with E-state index < -0.39 is 0 Å². The SMILES string of the molecule is CC1CC1C(=O)NCCc1ccc2ccccc2c1. The Kier molecular flexibility index (Phi) is 3.24. The summed E-state index contributed by atoms with van der Waals surface area (Å²) in [6.45, 7) is 2.87. The molecule has 1 aliphatic carbocycles. The molecule has 0 aromatic heterocycles. The highest BCUT2D eigenvalue weighted by Gasteiger charge is 2.38. The molecule has 1 fully saturated rings. The molecule has 1 N–H and O–H groups in total. The maximum absolute atomic E-state index is 11.7. The van der Waals surface area contributed by atoms with E-state index in [1.807, 2.05) is 0 Å². The van der Waals surface area contributed by atoms with Gasteiger partial charge in [0.25, 0.3) is 0 Å². The van der Waals surface area contributed by atoms with Crippen LogP contribution in [-0.2, 0) is 11.2 Å². The molecule has 1 aliphatic rings. The lowest BCUT2D eigenvalue weighted by Crippen LogP contribution is -2.27. The summed E-state index contributed by atoms with van der Waals surface area (Å²) in [5, 5.41) is 5.56. The molecule has 0 bridgehead atoms. The highest BCUT2D eigenvalue weighted by atomic mass is 16.2. The van der Waals surface area contributed by atoms with Gasteiger partial charge in [-0.05, 0) is 35.1 Å². The third-order valence-corrected chi connectivity index (χ3v) is 3.97. The van der Waals surface area contributed by atoms with E-state index in [1.54, 1.807) is 0 Å². The third kappa shape index (κ3) is 2.78. The molecule has 2 atom stereocenters. The predicted octanol–water partition coefficient (Wildman–Crippen LogP) is 3.15. The molecule has 0 spiro atoms. The van der Waals surface area contributed by atoms with Crippen molar-refractivity contribution in [3.8, 4) is 0 Å². The van der Waals surface area contributed by atoms with Crippen LogP contribution in [0.3, 0.4) is 0 Å². The van der Waals surface area contributed by atoms with Gasteiger partial charge in [0.05, 0.1) is 0 Å². The fourth-order valence-electron chi connectivity index (χ4n) is 2.54. The maximum Gasteiger partial charge on any atom is 0.223 e. The lowest BCUT2D eigenvalue weighted by Gasteiger charge is -2.06. The Balaban J connectivity index is 1.57. The third-order valence-electron chi connectivity index (χ3n) is 3.97. The quantitative estimate of drug-likeness (QED) is 0.891. The first-order chi connectivity index (χ1) is 9.24. The van der Waals surface area contributed by atoms with Crippen LogP contribution < -0.4 is 5.32 Å². The second-order valence-corrected chi connectivity index (χ2v) is 5.54. The van der Waals surface area contributed by atoms with Crippen LogP contribution in [0.1, 0.15) is 18.9 Å². The van der Waals surface area contributed by atoms with Crippen LogP contribution in [0.2, 0.25) is 0 Å². The molecule has 0 saturated heterocycles. The first-order valence-corrected chi connectivity index (χ1v) is 6.99. The molecule has 0 aliphatic heterocycles. The van der Waals surface area contributed by atoms with Crippen molar-refractivity contribution in [2.24, 2.45) is 11.8 Å². The van der Waals surface area contributed by atoms with Crippen molar-refractivity contribution < 1.29 is 4.79 Å². The van der Waals surface area contributed by atoms with Gasteiger partial charge in [0, 0.05) is 12.5 Å². The Morgan fingerprint density at radius 1 is 1.21 bits per heavy atom. The van der Waals surface area contributed by atoms with Gasteiger partial charge in [-0.1, -0.05) is 49.4 Å². The standard InChI is InChI=1S/C17H19NO/c1-12-10-16(12)17(19)18-9-8-13-6-7-14-4-2-3-5-15(14)11-13/h2-7,11-12,16H,8-10H2,1H3,(H,18,19). The summed E-state index contributed by atoms with van der Waals surface area (Å²) >= 11 is 0. The number of fused-ring (bicyclic) bond motifs is 1. The van der Waals surface area contributed by atoms with Crippen molar-refractivity contribution >= 4 is 16.7 Å². The van der Waals surface area contributed by atoms with Gasteiger partial charge in [-0.15, -0.1) is 0 Å². The summed E-state index contributed by atoms with van der Waals surface area (Å²) in [5.74, 6) is 1.09.